The number of nitrogens with zero attached hydrogens (tertiary/aromatic N) is 4. The van der Waals surface area contributed by atoms with E-state index >= 15 is 0 Å². The van der Waals surface area contributed by atoms with Crippen molar-refractivity contribution in [1.82, 2.24) is 25.1 Å². The molecule has 4 rings (SSSR count). The van der Waals surface area contributed by atoms with Crippen molar-refractivity contribution in [2.24, 2.45) is 0 Å². The molecular formula is C17H19N5. The smallest absolute Gasteiger partial charge is 0.178 e. The van der Waals surface area contributed by atoms with E-state index in [-0.39, 0.29) is 6.04 Å². The van der Waals surface area contributed by atoms with Gasteiger partial charge in [0.25, 0.3) is 0 Å². The molecule has 1 saturated heterocycles. The van der Waals surface area contributed by atoms with Crippen LogP contribution in [-0.4, -0.2) is 26.4 Å². The lowest BCUT2D eigenvalue weighted by molar-refractivity contribution is 0.392. The number of aryl methyl sites for hydroxylation is 1. The van der Waals surface area contributed by atoms with Crippen LogP contribution in [-0.2, 0) is 0 Å². The molecule has 0 saturated carbocycles. The van der Waals surface area contributed by atoms with Gasteiger partial charge in [0.2, 0.25) is 0 Å². The molecule has 3 heterocycles. The second kappa shape index (κ2) is 5.50. The number of fused-ring (bicyclic) bond motifs is 1. The second-order valence-electron chi connectivity index (χ2n) is 5.92. The summed E-state index contributed by atoms with van der Waals surface area (Å²) in [6.45, 7) is 3.13. The Bertz CT molecular complexity index is 784. The largest absolute Gasteiger partial charge is 0.307 e. The topological polar surface area (TPSA) is 55.1 Å². The van der Waals surface area contributed by atoms with Gasteiger partial charge in [-0.3, -0.25) is 0 Å². The van der Waals surface area contributed by atoms with Crippen LogP contribution in [0.3, 0.4) is 0 Å². The molecule has 0 unspecified atom stereocenters. The van der Waals surface area contributed by atoms with E-state index in [0.717, 1.165) is 35.7 Å². The molecule has 5 nitrogen and oxygen atoms in total. The summed E-state index contributed by atoms with van der Waals surface area (Å²) in [6.07, 6.45) is 3.55. The van der Waals surface area contributed by atoms with E-state index < -0.39 is 0 Å². The Labute approximate surface area is 129 Å². The minimum absolute atomic E-state index is 0.254. The van der Waals surface area contributed by atoms with Gasteiger partial charge in [0.15, 0.2) is 11.5 Å². The Hall–Kier alpha value is -2.27. The first kappa shape index (κ1) is 13.4. The van der Waals surface area contributed by atoms with Crippen molar-refractivity contribution < 1.29 is 0 Å². The highest BCUT2D eigenvalue weighted by molar-refractivity contribution is 5.60. The number of hydrogen-bond donors (Lipinski definition) is 1. The van der Waals surface area contributed by atoms with E-state index in [4.69, 9.17) is 5.10 Å². The van der Waals surface area contributed by atoms with Crippen LogP contribution in [0.15, 0.2) is 36.4 Å². The van der Waals surface area contributed by atoms with Crippen LogP contribution in [0.1, 0.15) is 36.7 Å². The Balaban J connectivity index is 1.77. The highest BCUT2D eigenvalue weighted by Gasteiger charge is 2.21. The summed E-state index contributed by atoms with van der Waals surface area (Å²) < 4.78 is 1.89. The predicted molar refractivity (Wildman–Crippen MR) is 85.5 cm³/mol. The van der Waals surface area contributed by atoms with Crippen LogP contribution >= 0.6 is 0 Å². The van der Waals surface area contributed by atoms with E-state index in [0.29, 0.717) is 0 Å². The van der Waals surface area contributed by atoms with Crippen LogP contribution in [0, 0.1) is 6.92 Å². The third kappa shape index (κ3) is 2.37. The number of nitrogens with one attached hydrogen (secondary N) is 1. The van der Waals surface area contributed by atoms with Crippen LogP contribution in [0.2, 0.25) is 0 Å². The van der Waals surface area contributed by atoms with Gasteiger partial charge in [-0.1, -0.05) is 36.2 Å². The number of hydrogen-bond acceptors (Lipinski definition) is 4. The molecule has 0 radical (unpaired) electrons. The standard InChI is InChI=1S/C17H19N5/c1-12-5-7-13(8-6-12)14-9-10-16-19-20-17(22(16)21-14)15-4-2-3-11-18-15/h5-10,15,18H,2-4,11H2,1H3/t15-/m0/s1. The number of benzene rings is 1. The lowest BCUT2D eigenvalue weighted by Crippen LogP contribution is -2.28. The van der Waals surface area contributed by atoms with Crippen LogP contribution in [0.4, 0.5) is 0 Å². The summed E-state index contributed by atoms with van der Waals surface area (Å²) in [4.78, 5) is 0. The summed E-state index contributed by atoms with van der Waals surface area (Å²) in [5, 5.41) is 16.9. The van der Waals surface area contributed by atoms with Gasteiger partial charge in [0.1, 0.15) is 0 Å². The van der Waals surface area contributed by atoms with Gasteiger partial charge in [-0.05, 0) is 38.4 Å². The van der Waals surface area contributed by atoms with Crippen LogP contribution in [0.5, 0.6) is 0 Å². The summed E-state index contributed by atoms with van der Waals surface area (Å²) in [7, 11) is 0. The quantitative estimate of drug-likeness (QED) is 0.789. The maximum atomic E-state index is 4.76. The third-order valence-corrected chi connectivity index (χ3v) is 4.26. The minimum atomic E-state index is 0.254. The maximum Gasteiger partial charge on any atom is 0.178 e. The zero-order valence-electron chi connectivity index (χ0n) is 12.7. The average molecular weight is 293 g/mol. The predicted octanol–water partition coefficient (Wildman–Crippen LogP) is 2.91. The first-order chi connectivity index (χ1) is 10.8. The van der Waals surface area contributed by atoms with Gasteiger partial charge in [-0.15, -0.1) is 10.2 Å². The molecule has 2 aromatic heterocycles. The number of aromatic nitrogens is 4. The maximum absolute atomic E-state index is 4.76. The van der Waals surface area contributed by atoms with E-state index in [9.17, 15) is 0 Å². The normalized spacial score (nSPS) is 18.7. The van der Waals surface area contributed by atoms with E-state index in [1.165, 1.54) is 18.4 Å². The summed E-state index contributed by atoms with van der Waals surface area (Å²) >= 11 is 0. The van der Waals surface area contributed by atoms with Crippen molar-refractivity contribution in [2.75, 3.05) is 6.54 Å². The fraction of sp³-hybridized carbons (Fsp3) is 0.353. The SMILES string of the molecule is Cc1ccc(-c2ccc3nnc([C@@H]4CCCCN4)n3n2)cc1. The highest BCUT2D eigenvalue weighted by Crippen LogP contribution is 2.23. The summed E-state index contributed by atoms with van der Waals surface area (Å²) in [5.41, 5.74) is 4.12. The van der Waals surface area contributed by atoms with Gasteiger partial charge in [0.05, 0.1) is 11.7 Å². The van der Waals surface area contributed by atoms with Crippen molar-refractivity contribution in [3.8, 4) is 11.3 Å². The first-order valence-corrected chi connectivity index (χ1v) is 7.84. The van der Waals surface area contributed by atoms with Crippen LogP contribution < -0.4 is 5.32 Å². The molecular weight excluding hydrogens is 274 g/mol. The Morgan fingerprint density at radius 3 is 2.68 bits per heavy atom. The van der Waals surface area contributed by atoms with Crippen molar-refractivity contribution in [3.05, 3.63) is 47.8 Å². The Kier molecular flexibility index (Phi) is 3.35. The van der Waals surface area contributed by atoms with Crippen LogP contribution in [0.25, 0.3) is 16.9 Å². The Morgan fingerprint density at radius 2 is 1.91 bits per heavy atom. The molecule has 112 valence electrons. The molecule has 1 N–H and O–H groups in total. The third-order valence-electron chi connectivity index (χ3n) is 4.26. The van der Waals surface area contributed by atoms with Crippen molar-refractivity contribution in [3.63, 3.8) is 0 Å². The molecule has 3 aromatic rings. The second-order valence-corrected chi connectivity index (χ2v) is 5.92. The summed E-state index contributed by atoms with van der Waals surface area (Å²) in [5.74, 6) is 0.920. The first-order valence-electron chi connectivity index (χ1n) is 7.84. The van der Waals surface area contributed by atoms with Gasteiger partial charge < -0.3 is 5.32 Å². The van der Waals surface area contributed by atoms with Crippen molar-refractivity contribution in [2.45, 2.75) is 32.2 Å². The van der Waals surface area contributed by atoms with E-state index in [2.05, 4.69) is 46.7 Å². The molecule has 1 atom stereocenters. The van der Waals surface area contributed by atoms with E-state index in [1.807, 2.05) is 16.6 Å². The molecule has 0 amide bonds. The van der Waals surface area contributed by atoms with Gasteiger partial charge in [-0.25, -0.2) is 0 Å². The molecule has 1 aliphatic heterocycles. The molecule has 1 aliphatic rings. The highest BCUT2D eigenvalue weighted by atomic mass is 15.4. The molecule has 5 heteroatoms. The molecule has 1 fully saturated rings. The van der Waals surface area contributed by atoms with Gasteiger partial charge in [0, 0.05) is 5.56 Å². The minimum Gasteiger partial charge on any atom is -0.307 e. The Morgan fingerprint density at radius 1 is 1.05 bits per heavy atom. The molecule has 0 bridgehead atoms. The summed E-state index contributed by atoms with van der Waals surface area (Å²) in [6, 6.07) is 12.7. The monoisotopic (exact) mass is 293 g/mol. The number of piperidine rings is 1. The lowest BCUT2D eigenvalue weighted by atomic mass is 10.0. The average Bonchev–Trinajstić information content (AvgIpc) is 2.99. The number of rotatable bonds is 2. The zero-order valence-corrected chi connectivity index (χ0v) is 12.7. The van der Waals surface area contributed by atoms with Crippen molar-refractivity contribution in [1.29, 1.82) is 0 Å². The zero-order chi connectivity index (χ0) is 14.9. The van der Waals surface area contributed by atoms with Gasteiger partial charge >= 0.3 is 0 Å². The molecule has 0 aliphatic carbocycles. The van der Waals surface area contributed by atoms with Crippen molar-refractivity contribution >= 4 is 5.65 Å². The van der Waals surface area contributed by atoms with E-state index in [1.54, 1.807) is 0 Å². The van der Waals surface area contributed by atoms with Gasteiger partial charge in [-0.2, -0.15) is 9.61 Å². The molecule has 0 spiro atoms. The fourth-order valence-corrected chi connectivity index (χ4v) is 2.97. The fourth-order valence-electron chi connectivity index (χ4n) is 2.97. The molecule has 1 aromatic carbocycles. The lowest BCUT2D eigenvalue weighted by Gasteiger charge is -2.21. The molecule has 22 heavy (non-hydrogen) atoms.